The molecule has 1 aromatic rings. The Labute approximate surface area is 76.6 Å². The summed E-state index contributed by atoms with van der Waals surface area (Å²) in [4.78, 5) is 15.1. The van der Waals surface area contributed by atoms with Crippen molar-refractivity contribution in [1.82, 2.24) is 10.3 Å². The summed E-state index contributed by atoms with van der Waals surface area (Å²) in [5.41, 5.74) is 0.503. The molecule has 13 heavy (non-hydrogen) atoms. The molecule has 70 valence electrons. The van der Waals surface area contributed by atoms with E-state index in [1.807, 2.05) is 0 Å². The highest BCUT2D eigenvalue weighted by Gasteiger charge is 2.04. The van der Waals surface area contributed by atoms with Crippen LogP contribution >= 0.6 is 0 Å². The van der Waals surface area contributed by atoms with Crippen LogP contribution in [0.15, 0.2) is 24.5 Å². The minimum absolute atomic E-state index is 0.214. The highest BCUT2D eigenvalue weighted by atomic mass is 16.3. The molecule has 0 bridgehead atoms. The molecule has 1 unspecified atom stereocenters. The lowest BCUT2D eigenvalue weighted by atomic mass is 10.2. The van der Waals surface area contributed by atoms with Gasteiger partial charge in [-0.3, -0.25) is 9.78 Å². The van der Waals surface area contributed by atoms with Gasteiger partial charge in [0.05, 0.1) is 11.7 Å². The summed E-state index contributed by atoms with van der Waals surface area (Å²) in [5.74, 6) is -0.214. The Hall–Kier alpha value is -1.42. The Kier molecular flexibility index (Phi) is 3.40. The lowest BCUT2D eigenvalue weighted by Crippen LogP contribution is -2.30. The topological polar surface area (TPSA) is 62.2 Å². The number of pyridine rings is 1. The number of hydrogen-bond donors (Lipinski definition) is 2. The molecule has 0 saturated carbocycles. The Morgan fingerprint density at radius 2 is 2.54 bits per heavy atom. The van der Waals surface area contributed by atoms with Gasteiger partial charge in [0.1, 0.15) is 0 Å². The normalized spacial score (nSPS) is 12.2. The molecule has 0 saturated heterocycles. The Morgan fingerprint density at radius 1 is 1.77 bits per heavy atom. The second kappa shape index (κ2) is 4.57. The maximum atomic E-state index is 11.3. The summed E-state index contributed by atoms with van der Waals surface area (Å²) in [7, 11) is 0. The molecule has 1 atom stereocenters. The van der Waals surface area contributed by atoms with Crippen molar-refractivity contribution < 1.29 is 9.90 Å². The molecular weight excluding hydrogens is 168 g/mol. The largest absolute Gasteiger partial charge is 0.392 e. The number of carbonyl (C=O) groups is 1. The average Bonchev–Trinajstić information content (AvgIpc) is 2.15. The Morgan fingerprint density at radius 3 is 3.08 bits per heavy atom. The van der Waals surface area contributed by atoms with Gasteiger partial charge < -0.3 is 10.4 Å². The number of aliphatic hydroxyl groups excluding tert-OH is 1. The molecule has 0 fully saturated rings. The number of rotatable bonds is 3. The van der Waals surface area contributed by atoms with E-state index in [4.69, 9.17) is 5.11 Å². The lowest BCUT2D eigenvalue weighted by Gasteiger charge is -2.05. The molecule has 0 spiro atoms. The number of aromatic nitrogens is 1. The first kappa shape index (κ1) is 9.67. The van der Waals surface area contributed by atoms with Crippen LogP contribution in [0.25, 0.3) is 0 Å². The van der Waals surface area contributed by atoms with Crippen LogP contribution in [-0.4, -0.2) is 28.6 Å². The summed E-state index contributed by atoms with van der Waals surface area (Å²) in [5, 5.41) is 11.5. The monoisotopic (exact) mass is 180 g/mol. The third kappa shape index (κ3) is 3.21. The van der Waals surface area contributed by atoms with Gasteiger partial charge in [0.25, 0.3) is 5.91 Å². The van der Waals surface area contributed by atoms with Crippen molar-refractivity contribution in [3.05, 3.63) is 30.1 Å². The summed E-state index contributed by atoms with van der Waals surface area (Å²) in [6.45, 7) is 1.87. The van der Waals surface area contributed by atoms with E-state index in [9.17, 15) is 4.79 Å². The van der Waals surface area contributed by atoms with E-state index >= 15 is 0 Å². The summed E-state index contributed by atoms with van der Waals surface area (Å²) in [6, 6.07) is 3.36. The molecule has 4 nitrogen and oxygen atoms in total. The number of hydrogen-bond acceptors (Lipinski definition) is 3. The van der Waals surface area contributed by atoms with Crippen LogP contribution in [0.2, 0.25) is 0 Å². The quantitative estimate of drug-likeness (QED) is 0.698. The SMILES string of the molecule is CC(O)CNC(=O)c1cccnc1. The number of nitrogens with one attached hydrogen (secondary N) is 1. The second-order valence-electron chi connectivity index (χ2n) is 2.80. The first-order chi connectivity index (χ1) is 6.20. The van der Waals surface area contributed by atoms with E-state index in [1.165, 1.54) is 6.20 Å². The van der Waals surface area contributed by atoms with Crippen LogP contribution in [0.4, 0.5) is 0 Å². The van der Waals surface area contributed by atoms with Gasteiger partial charge in [-0.25, -0.2) is 0 Å². The van der Waals surface area contributed by atoms with E-state index in [0.29, 0.717) is 5.56 Å². The van der Waals surface area contributed by atoms with Gasteiger partial charge in [-0.05, 0) is 19.1 Å². The zero-order valence-corrected chi connectivity index (χ0v) is 7.40. The van der Waals surface area contributed by atoms with Gasteiger partial charge in [-0.2, -0.15) is 0 Å². The molecule has 1 amide bonds. The number of amides is 1. The third-order valence-corrected chi connectivity index (χ3v) is 1.48. The number of aliphatic hydroxyl groups is 1. The molecule has 2 N–H and O–H groups in total. The molecule has 0 aliphatic heterocycles. The molecule has 0 radical (unpaired) electrons. The van der Waals surface area contributed by atoms with Crippen molar-refractivity contribution in [2.75, 3.05) is 6.54 Å². The molecule has 0 aromatic carbocycles. The van der Waals surface area contributed by atoms with Gasteiger partial charge in [-0.1, -0.05) is 0 Å². The average molecular weight is 180 g/mol. The van der Waals surface area contributed by atoms with E-state index in [0.717, 1.165) is 0 Å². The number of nitrogens with zero attached hydrogens (tertiary/aromatic N) is 1. The van der Waals surface area contributed by atoms with Crippen molar-refractivity contribution in [1.29, 1.82) is 0 Å². The van der Waals surface area contributed by atoms with Crippen molar-refractivity contribution >= 4 is 5.91 Å². The van der Waals surface area contributed by atoms with Gasteiger partial charge in [0, 0.05) is 18.9 Å². The minimum Gasteiger partial charge on any atom is -0.392 e. The van der Waals surface area contributed by atoms with Crippen LogP contribution in [0.5, 0.6) is 0 Å². The van der Waals surface area contributed by atoms with Gasteiger partial charge in [0.2, 0.25) is 0 Å². The van der Waals surface area contributed by atoms with E-state index in [1.54, 1.807) is 25.3 Å². The van der Waals surface area contributed by atoms with Gasteiger partial charge >= 0.3 is 0 Å². The Bertz CT molecular complexity index is 272. The fourth-order valence-corrected chi connectivity index (χ4v) is 0.840. The van der Waals surface area contributed by atoms with Crippen LogP contribution in [0.3, 0.4) is 0 Å². The maximum absolute atomic E-state index is 11.3. The van der Waals surface area contributed by atoms with Crippen molar-refractivity contribution in [3.63, 3.8) is 0 Å². The van der Waals surface area contributed by atoms with E-state index < -0.39 is 6.10 Å². The lowest BCUT2D eigenvalue weighted by molar-refractivity contribution is 0.0923. The molecule has 0 aliphatic carbocycles. The van der Waals surface area contributed by atoms with Crippen LogP contribution in [0, 0.1) is 0 Å². The Balaban J connectivity index is 2.50. The highest BCUT2D eigenvalue weighted by Crippen LogP contribution is 1.94. The molecular formula is C9H12N2O2. The predicted molar refractivity (Wildman–Crippen MR) is 48.3 cm³/mol. The van der Waals surface area contributed by atoms with E-state index in [-0.39, 0.29) is 12.5 Å². The van der Waals surface area contributed by atoms with E-state index in [2.05, 4.69) is 10.3 Å². The maximum Gasteiger partial charge on any atom is 0.252 e. The van der Waals surface area contributed by atoms with Crippen molar-refractivity contribution in [2.45, 2.75) is 13.0 Å². The summed E-state index contributed by atoms with van der Waals surface area (Å²) < 4.78 is 0. The minimum atomic E-state index is -0.527. The number of carbonyl (C=O) groups excluding carboxylic acids is 1. The standard InChI is InChI=1S/C9H12N2O2/c1-7(12)5-11-9(13)8-3-2-4-10-6-8/h2-4,6-7,12H,5H2,1H3,(H,11,13). The molecule has 4 heteroatoms. The summed E-state index contributed by atoms with van der Waals surface area (Å²) in [6.07, 6.45) is 2.56. The van der Waals surface area contributed by atoms with Crippen LogP contribution < -0.4 is 5.32 Å². The molecule has 0 aliphatic rings. The fraction of sp³-hybridized carbons (Fsp3) is 0.333. The first-order valence-electron chi connectivity index (χ1n) is 4.06. The van der Waals surface area contributed by atoms with Crippen LogP contribution in [-0.2, 0) is 0 Å². The third-order valence-electron chi connectivity index (χ3n) is 1.48. The zero-order chi connectivity index (χ0) is 9.68. The molecule has 1 heterocycles. The highest BCUT2D eigenvalue weighted by molar-refractivity contribution is 5.93. The van der Waals surface area contributed by atoms with Gasteiger partial charge in [-0.15, -0.1) is 0 Å². The zero-order valence-electron chi connectivity index (χ0n) is 7.40. The van der Waals surface area contributed by atoms with Crippen molar-refractivity contribution in [2.24, 2.45) is 0 Å². The van der Waals surface area contributed by atoms with Gasteiger partial charge in [0.15, 0.2) is 0 Å². The summed E-state index contributed by atoms with van der Waals surface area (Å²) >= 11 is 0. The molecule has 1 rings (SSSR count). The van der Waals surface area contributed by atoms with Crippen molar-refractivity contribution in [3.8, 4) is 0 Å². The predicted octanol–water partition coefficient (Wildman–Crippen LogP) is 0.192. The van der Waals surface area contributed by atoms with Crippen LogP contribution in [0.1, 0.15) is 17.3 Å². The smallest absolute Gasteiger partial charge is 0.252 e. The molecule has 1 aromatic heterocycles. The second-order valence-corrected chi connectivity index (χ2v) is 2.80. The fourth-order valence-electron chi connectivity index (χ4n) is 0.840. The first-order valence-corrected chi connectivity index (χ1v) is 4.06.